The van der Waals surface area contributed by atoms with Gasteiger partial charge in [-0.3, -0.25) is 4.79 Å². The van der Waals surface area contributed by atoms with Crippen LogP contribution in [0.1, 0.15) is 12.5 Å². The molecule has 0 heterocycles. The van der Waals surface area contributed by atoms with Crippen LogP contribution in [0.3, 0.4) is 0 Å². The molecule has 1 amide bonds. The van der Waals surface area contributed by atoms with Gasteiger partial charge in [-0.2, -0.15) is 5.10 Å². The summed E-state index contributed by atoms with van der Waals surface area (Å²) in [5, 5.41) is 3.82. The van der Waals surface area contributed by atoms with Gasteiger partial charge in [-0.1, -0.05) is 0 Å². The van der Waals surface area contributed by atoms with Crippen molar-refractivity contribution in [2.45, 2.75) is 11.8 Å². The fraction of sp³-hybridized carbons (Fsp3) is 0.300. The second-order valence-electron chi connectivity index (χ2n) is 5.98. The molecule has 2 N–H and O–H groups in total. The van der Waals surface area contributed by atoms with Gasteiger partial charge < -0.3 is 18.9 Å². The van der Waals surface area contributed by atoms with E-state index in [0.717, 1.165) is 0 Å². The molecule has 0 aliphatic heterocycles. The zero-order valence-electron chi connectivity index (χ0n) is 17.7. The molecule has 11 heteroatoms. The van der Waals surface area contributed by atoms with Crippen molar-refractivity contribution in [2.75, 3.05) is 34.5 Å². The van der Waals surface area contributed by atoms with E-state index in [1.165, 1.54) is 45.7 Å². The third-order valence-corrected chi connectivity index (χ3v) is 5.38. The van der Waals surface area contributed by atoms with Gasteiger partial charge in [-0.05, 0) is 42.8 Å². The SMILES string of the molecule is CCOc1ccc(/C=N\NC(=O)CNS(=O)(=O)c2ccc(OC)c(OC)c2)cc1OC. The third-order valence-electron chi connectivity index (χ3n) is 3.98. The molecule has 0 aliphatic rings. The predicted molar refractivity (Wildman–Crippen MR) is 115 cm³/mol. The molecule has 0 radical (unpaired) electrons. The summed E-state index contributed by atoms with van der Waals surface area (Å²) in [6.45, 7) is 1.86. The smallest absolute Gasteiger partial charge is 0.255 e. The third kappa shape index (κ3) is 6.59. The fourth-order valence-electron chi connectivity index (χ4n) is 2.49. The van der Waals surface area contributed by atoms with Crippen LogP contribution in [0.5, 0.6) is 23.0 Å². The summed E-state index contributed by atoms with van der Waals surface area (Å²) < 4.78 is 47.9. The number of nitrogens with zero attached hydrogens (tertiary/aromatic N) is 1. The molecule has 0 unspecified atom stereocenters. The fourth-order valence-corrected chi connectivity index (χ4v) is 3.48. The van der Waals surface area contributed by atoms with Crippen molar-refractivity contribution in [3.63, 3.8) is 0 Å². The Balaban J connectivity index is 1.96. The summed E-state index contributed by atoms with van der Waals surface area (Å²) in [5.74, 6) is 1.12. The van der Waals surface area contributed by atoms with Gasteiger partial charge in [-0.15, -0.1) is 0 Å². The van der Waals surface area contributed by atoms with Crippen LogP contribution in [0.15, 0.2) is 46.4 Å². The highest BCUT2D eigenvalue weighted by atomic mass is 32.2. The van der Waals surface area contributed by atoms with Gasteiger partial charge >= 0.3 is 0 Å². The van der Waals surface area contributed by atoms with E-state index in [2.05, 4.69) is 15.2 Å². The molecule has 10 nitrogen and oxygen atoms in total. The van der Waals surface area contributed by atoms with Gasteiger partial charge in [0.1, 0.15) is 0 Å². The number of amides is 1. The number of ether oxygens (including phenoxy) is 4. The first-order valence-electron chi connectivity index (χ1n) is 9.19. The van der Waals surface area contributed by atoms with Crippen molar-refractivity contribution < 1.29 is 32.2 Å². The van der Waals surface area contributed by atoms with Crippen molar-refractivity contribution in [2.24, 2.45) is 5.10 Å². The summed E-state index contributed by atoms with van der Waals surface area (Å²) in [5.41, 5.74) is 2.92. The number of hydrogen-bond donors (Lipinski definition) is 2. The van der Waals surface area contributed by atoms with Crippen LogP contribution in [0.25, 0.3) is 0 Å². The molecule has 31 heavy (non-hydrogen) atoms. The molecule has 2 aromatic rings. The van der Waals surface area contributed by atoms with Crippen molar-refractivity contribution in [1.82, 2.24) is 10.1 Å². The van der Waals surface area contributed by atoms with Crippen molar-refractivity contribution in [3.8, 4) is 23.0 Å². The first-order valence-corrected chi connectivity index (χ1v) is 10.7. The van der Waals surface area contributed by atoms with Crippen LogP contribution < -0.4 is 29.1 Å². The van der Waals surface area contributed by atoms with E-state index in [9.17, 15) is 13.2 Å². The number of hydrazone groups is 1. The average Bonchev–Trinajstić information content (AvgIpc) is 2.78. The first kappa shape index (κ1) is 24.0. The molecular weight excluding hydrogens is 426 g/mol. The van der Waals surface area contributed by atoms with E-state index in [0.29, 0.717) is 29.4 Å². The molecule has 2 rings (SSSR count). The topological polar surface area (TPSA) is 125 Å². The van der Waals surface area contributed by atoms with E-state index in [1.807, 2.05) is 6.92 Å². The minimum Gasteiger partial charge on any atom is -0.493 e. The Morgan fingerprint density at radius 3 is 2.26 bits per heavy atom. The molecule has 168 valence electrons. The molecule has 0 atom stereocenters. The van der Waals surface area contributed by atoms with Gasteiger partial charge in [-0.25, -0.2) is 18.6 Å². The van der Waals surface area contributed by atoms with Gasteiger partial charge in [0.05, 0.1) is 45.6 Å². The predicted octanol–water partition coefficient (Wildman–Crippen LogP) is 1.54. The zero-order valence-corrected chi connectivity index (χ0v) is 18.5. The number of carbonyl (C=O) groups excluding carboxylic acids is 1. The van der Waals surface area contributed by atoms with Gasteiger partial charge in [0.15, 0.2) is 23.0 Å². The van der Waals surface area contributed by atoms with Crippen molar-refractivity contribution in [3.05, 3.63) is 42.0 Å². The van der Waals surface area contributed by atoms with Crippen molar-refractivity contribution >= 4 is 22.1 Å². The van der Waals surface area contributed by atoms with E-state index in [1.54, 1.807) is 18.2 Å². The highest BCUT2D eigenvalue weighted by molar-refractivity contribution is 7.89. The second kappa shape index (κ2) is 11.2. The monoisotopic (exact) mass is 451 g/mol. The second-order valence-corrected chi connectivity index (χ2v) is 7.74. The van der Waals surface area contributed by atoms with E-state index < -0.39 is 22.5 Å². The number of methoxy groups -OCH3 is 3. The lowest BCUT2D eigenvalue weighted by Crippen LogP contribution is -2.34. The lowest BCUT2D eigenvalue weighted by atomic mass is 10.2. The van der Waals surface area contributed by atoms with Crippen molar-refractivity contribution in [1.29, 1.82) is 0 Å². The summed E-state index contributed by atoms with van der Waals surface area (Å²) in [7, 11) is 0.420. The van der Waals surface area contributed by atoms with Gasteiger partial charge in [0.2, 0.25) is 10.0 Å². The Hall–Kier alpha value is -3.31. The maximum Gasteiger partial charge on any atom is 0.255 e. The number of nitrogens with one attached hydrogen (secondary N) is 2. The molecule has 0 spiro atoms. The maximum absolute atomic E-state index is 12.4. The highest BCUT2D eigenvalue weighted by Crippen LogP contribution is 2.29. The molecule has 0 saturated heterocycles. The Morgan fingerprint density at radius 1 is 0.968 bits per heavy atom. The normalized spacial score (nSPS) is 11.2. The molecule has 0 bridgehead atoms. The Bertz CT molecular complexity index is 1040. The minimum absolute atomic E-state index is 0.0667. The summed E-state index contributed by atoms with van der Waals surface area (Å²) >= 11 is 0. The molecule has 0 saturated carbocycles. The number of sulfonamides is 1. The number of hydrogen-bond acceptors (Lipinski definition) is 8. The van der Waals surface area contributed by atoms with Crippen LogP contribution in [-0.2, 0) is 14.8 Å². The number of rotatable bonds is 11. The quantitative estimate of drug-likeness (QED) is 0.392. The standard InChI is InChI=1S/C20H25N3O7S/c1-5-30-17-8-6-14(10-18(17)28-3)12-21-23-20(24)13-22-31(25,26)15-7-9-16(27-2)19(11-15)29-4/h6-12,22H,5,13H2,1-4H3,(H,23,24)/b21-12-. The number of benzene rings is 2. The van der Waals surface area contributed by atoms with Crippen LogP contribution in [0.4, 0.5) is 0 Å². The van der Waals surface area contributed by atoms with E-state index in [-0.39, 0.29) is 10.6 Å². The highest BCUT2D eigenvalue weighted by Gasteiger charge is 2.18. The molecule has 0 fully saturated rings. The van der Waals surface area contributed by atoms with Gasteiger partial charge in [0.25, 0.3) is 5.91 Å². The Morgan fingerprint density at radius 2 is 1.61 bits per heavy atom. The average molecular weight is 452 g/mol. The number of carbonyl (C=O) groups is 1. The van der Waals surface area contributed by atoms with Crippen LogP contribution in [0.2, 0.25) is 0 Å². The molecule has 2 aromatic carbocycles. The maximum atomic E-state index is 12.4. The summed E-state index contributed by atoms with van der Waals surface area (Å²) in [4.78, 5) is 11.9. The molecular formula is C20H25N3O7S. The Kier molecular flexibility index (Phi) is 8.64. The first-order chi connectivity index (χ1) is 14.8. The van der Waals surface area contributed by atoms with Gasteiger partial charge in [0, 0.05) is 6.07 Å². The largest absolute Gasteiger partial charge is 0.493 e. The zero-order chi connectivity index (χ0) is 22.9. The van der Waals surface area contributed by atoms with Crippen LogP contribution in [0, 0.1) is 0 Å². The molecule has 0 aromatic heterocycles. The van der Waals surface area contributed by atoms with E-state index >= 15 is 0 Å². The van der Waals surface area contributed by atoms with E-state index in [4.69, 9.17) is 18.9 Å². The lowest BCUT2D eigenvalue weighted by molar-refractivity contribution is -0.119. The Labute approximate surface area is 181 Å². The molecule has 0 aliphatic carbocycles. The van der Waals surface area contributed by atoms with Crippen LogP contribution in [-0.4, -0.2) is 55.0 Å². The summed E-state index contributed by atoms with van der Waals surface area (Å²) in [6.07, 6.45) is 1.40. The van der Waals surface area contributed by atoms with Crippen LogP contribution >= 0.6 is 0 Å². The summed E-state index contributed by atoms with van der Waals surface area (Å²) in [6, 6.07) is 9.27. The minimum atomic E-state index is -3.94. The lowest BCUT2D eigenvalue weighted by Gasteiger charge is -2.10.